The van der Waals surface area contributed by atoms with E-state index in [1.54, 1.807) is 13.3 Å². The number of aliphatic hydroxyl groups is 1. The number of pyridine rings is 1. The highest BCUT2D eigenvalue weighted by molar-refractivity contribution is 7.99. The Morgan fingerprint density at radius 2 is 2.12 bits per heavy atom. The van der Waals surface area contributed by atoms with Crippen LogP contribution in [-0.4, -0.2) is 64.3 Å². The van der Waals surface area contributed by atoms with Crippen LogP contribution in [0.1, 0.15) is 63.5 Å². The minimum atomic E-state index is -0.719. The lowest BCUT2D eigenvalue weighted by molar-refractivity contribution is -0.137. The summed E-state index contributed by atoms with van der Waals surface area (Å²) in [6.45, 7) is 5.34. The van der Waals surface area contributed by atoms with Crippen LogP contribution in [0.3, 0.4) is 0 Å². The van der Waals surface area contributed by atoms with Crippen molar-refractivity contribution in [3.8, 4) is 5.75 Å². The van der Waals surface area contributed by atoms with Crippen molar-refractivity contribution in [1.82, 2.24) is 9.88 Å². The highest BCUT2D eigenvalue weighted by Gasteiger charge is 2.30. The Bertz CT molecular complexity index is 909. The summed E-state index contributed by atoms with van der Waals surface area (Å²) in [5.41, 5.74) is 1.73. The van der Waals surface area contributed by atoms with Crippen LogP contribution in [-0.2, 0) is 4.79 Å². The van der Waals surface area contributed by atoms with Gasteiger partial charge in [-0.1, -0.05) is 13.3 Å². The summed E-state index contributed by atoms with van der Waals surface area (Å²) in [7, 11) is 1.64. The van der Waals surface area contributed by atoms with Gasteiger partial charge in [-0.25, -0.2) is 0 Å². The molecule has 1 fully saturated rings. The Labute approximate surface area is 208 Å². The normalized spacial score (nSPS) is 19.9. The number of nitrogens with zero attached hydrogens (tertiary/aromatic N) is 2. The van der Waals surface area contributed by atoms with Gasteiger partial charge in [0.15, 0.2) is 0 Å². The average molecular weight is 489 g/mol. The minimum Gasteiger partial charge on any atom is -0.497 e. The van der Waals surface area contributed by atoms with Crippen molar-refractivity contribution in [3.63, 3.8) is 0 Å². The summed E-state index contributed by atoms with van der Waals surface area (Å²) in [5.74, 6) is 3.22. The predicted molar refractivity (Wildman–Crippen MR) is 140 cm³/mol. The van der Waals surface area contributed by atoms with Gasteiger partial charge in [0.1, 0.15) is 5.75 Å². The number of fused-ring (bicyclic) bond motifs is 1. The second-order valence-corrected chi connectivity index (χ2v) is 10.6. The molecule has 0 amide bonds. The number of piperidine rings is 1. The Kier molecular flexibility index (Phi) is 10.9. The molecule has 0 saturated carbocycles. The number of benzene rings is 1. The second kappa shape index (κ2) is 13.9. The average Bonchev–Trinajstić information content (AvgIpc) is 2.85. The van der Waals surface area contributed by atoms with Crippen LogP contribution < -0.4 is 4.74 Å². The van der Waals surface area contributed by atoms with E-state index in [9.17, 15) is 15.0 Å². The van der Waals surface area contributed by atoms with Crippen LogP contribution in [0.2, 0.25) is 0 Å². The van der Waals surface area contributed by atoms with Gasteiger partial charge in [-0.3, -0.25) is 9.78 Å². The van der Waals surface area contributed by atoms with Gasteiger partial charge in [0.25, 0.3) is 0 Å². The smallest absolute Gasteiger partial charge is 0.303 e. The molecule has 2 N–H and O–H groups in total. The van der Waals surface area contributed by atoms with Crippen LogP contribution in [0, 0.1) is 11.8 Å². The first-order valence-electron chi connectivity index (χ1n) is 12.6. The van der Waals surface area contributed by atoms with Crippen molar-refractivity contribution in [2.75, 3.05) is 38.2 Å². The maximum absolute atomic E-state index is 11.3. The molecule has 1 aliphatic heterocycles. The summed E-state index contributed by atoms with van der Waals surface area (Å²) in [6.07, 6.45) is 7.26. The number of aliphatic carboxylic acids is 1. The third kappa shape index (κ3) is 7.85. The molecule has 188 valence electrons. The van der Waals surface area contributed by atoms with Crippen LogP contribution in [0.5, 0.6) is 5.75 Å². The molecule has 3 rings (SSSR count). The maximum atomic E-state index is 11.3. The molecule has 1 saturated heterocycles. The van der Waals surface area contributed by atoms with Crippen molar-refractivity contribution < 1.29 is 19.7 Å². The van der Waals surface area contributed by atoms with Gasteiger partial charge in [-0.05, 0) is 86.1 Å². The molecule has 7 heteroatoms. The number of ether oxygens (including phenoxy) is 1. The molecular formula is C27H40N2O4S. The molecule has 1 aromatic heterocycles. The van der Waals surface area contributed by atoms with E-state index in [2.05, 4.69) is 16.8 Å². The molecule has 0 aliphatic carbocycles. The zero-order valence-corrected chi connectivity index (χ0v) is 21.4. The summed E-state index contributed by atoms with van der Waals surface area (Å²) in [5, 5.41) is 21.3. The highest BCUT2D eigenvalue weighted by atomic mass is 32.2. The molecule has 0 bridgehead atoms. The Morgan fingerprint density at radius 3 is 2.88 bits per heavy atom. The number of methoxy groups -OCH3 is 1. The van der Waals surface area contributed by atoms with E-state index < -0.39 is 12.1 Å². The monoisotopic (exact) mass is 488 g/mol. The van der Waals surface area contributed by atoms with Gasteiger partial charge in [0, 0.05) is 36.8 Å². The van der Waals surface area contributed by atoms with E-state index >= 15 is 0 Å². The fraction of sp³-hybridized carbons (Fsp3) is 0.630. The van der Waals surface area contributed by atoms with Gasteiger partial charge in [-0.15, -0.1) is 0 Å². The van der Waals surface area contributed by atoms with Gasteiger partial charge in [-0.2, -0.15) is 11.8 Å². The number of aromatic nitrogens is 1. The Morgan fingerprint density at radius 1 is 1.26 bits per heavy atom. The van der Waals surface area contributed by atoms with Crippen LogP contribution in [0.4, 0.5) is 0 Å². The van der Waals surface area contributed by atoms with Gasteiger partial charge in [0.05, 0.1) is 18.7 Å². The van der Waals surface area contributed by atoms with Crippen LogP contribution >= 0.6 is 11.8 Å². The molecule has 0 unspecified atom stereocenters. The lowest BCUT2D eigenvalue weighted by Crippen LogP contribution is -2.41. The number of rotatable bonds is 14. The lowest BCUT2D eigenvalue weighted by atomic mass is 9.79. The molecule has 34 heavy (non-hydrogen) atoms. The molecular weight excluding hydrogens is 448 g/mol. The second-order valence-electron chi connectivity index (χ2n) is 9.38. The molecule has 0 radical (unpaired) electrons. The Hall–Kier alpha value is -1.83. The summed E-state index contributed by atoms with van der Waals surface area (Å²) >= 11 is 2.02. The molecule has 6 nitrogen and oxygen atoms in total. The molecule has 2 heterocycles. The zero-order valence-electron chi connectivity index (χ0n) is 20.6. The van der Waals surface area contributed by atoms with E-state index in [0.717, 1.165) is 60.4 Å². The number of hydrogen-bond acceptors (Lipinski definition) is 6. The van der Waals surface area contributed by atoms with Gasteiger partial charge >= 0.3 is 5.97 Å². The summed E-state index contributed by atoms with van der Waals surface area (Å²) in [6, 6.07) is 7.64. The largest absolute Gasteiger partial charge is 0.497 e. The van der Waals surface area contributed by atoms with Crippen molar-refractivity contribution in [3.05, 3.63) is 36.0 Å². The number of carboxylic acid groups (broad SMARTS) is 1. The third-order valence-electron chi connectivity index (χ3n) is 7.05. The molecule has 2 aromatic rings. The fourth-order valence-electron chi connectivity index (χ4n) is 5.01. The van der Waals surface area contributed by atoms with Gasteiger partial charge in [0.2, 0.25) is 0 Å². The topological polar surface area (TPSA) is 82.9 Å². The standard InChI is InChI=1S/C27H40N2O4S/c1-3-4-16-34-17-15-29-14-12-20(21(19-29)6-10-27(31)32)5-9-26(30)23-11-13-28-25-8-7-22(33-2)18-24(23)25/h7-8,11,13,18,20-21,26,30H,3-6,9-10,12,14-17,19H2,1-2H3,(H,31,32)/t20-,21-,26-/m1/s1. The van der Waals surface area contributed by atoms with E-state index in [1.165, 1.54) is 18.6 Å². The molecule has 3 atom stereocenters. The number of hydrogen-bond donors (Lipinski definition) is 2. The first-order valence-corrected chi connectivity index (χ1v) is 13.8. The number of aliphatic hydroxyl groups excluding tert-OH is 1. The number of thioether (sulfide) groups is 1. The summed E-state index contributed by atoms with van der Waals surface area (Å²) in [4.78, 5) is 18.2. The lowest BCUT2D eigenvalue weighted by Gasteiger charge is -2.39. The SMILES string of the molecule is CCCCSCCN1CC[C@@H](CC[C@@H](O)c2ccnc3ccc(OC)cc23)[C@H](CCC(=O)O)C1. The quantitative estimate of drug-likeness (QED) is 0.345. The number of carboxylic acids is 1. The van der Waals surface area contributed by atoms with Gasteiger partial charge < -0.3 is 19.8 Å². The molecule has 0 spiro atoms. The number of carbonyl (C=O) groups is 1. The van der Waals surface area contributed by atoms with Crippen molar-refractivity contribution >= 4 is 28.6 Å². The third-order valence-corrected chi connectivity index (χ3v) is 8.10. The van der Waals surface area contributed by atoms with Crippen molar-refractivity contribution in [2.45, 2.75) is 58.0 Å². The van der Waals surface area contributed by atoms with Crippen LogP contribution in [0.25, 0.3) is 10.9 Å². The van der Waals surface area contributed by atoms with Crippen molar-refractivity contribution in [2.24, 2.45) is 11.8 Å². The van der Waals surface area contributed by atoms with E-state index in [-0.39, 0.29) is 6.42 Å². The Balaban J connectivity index is 1.59. The maximum Gasteiger partial charge on any atom is 0.303 e. The minimum absolute atomic E-state index is 0.220. The first kappa shape index (κ1) is 26.8. The highest BCUT2D eigenvalue weighted by Crippen LogP contribution is 2.35. The van der Waals surface area contributed by atoms with E-state index in [4.69, 9.17) is 4.74 Å². The van der Waals surface area contributed by atoms with Crippen molar-refractivity contribution in [1.29, 1.82) is 0 Å². The zero-order chi connectivity index (χ0) is 24.3. The number of unbranched alkanes of at least 4 members (excludes halogenated alkanes) is 1. The molecule has 1 aliphatic rings. The summed E-state index contributed by atoms with van der Waals surface area (Å²) < 4.78 is 5.37. The number of likely N-dealkylation sites (tertiary alicyclic amines) is 1. The van der Waals surface area contributed by atoms with Crippen LogP contribution in [0.15, 0.2) is 30.5 Å². The first-order chi connectivity index (χ1) is 16.5. The fourth-order valence-corrected chi connectivity index (χ4v) is 6.09. The molecule has 1 aromatic carbocycles. The predicted octanol–water partition coefficient (Wildman–Crippen LogP) is 5.39. The van der Waals surface area contributed by atoms with E-state index in [0.29, 0.717) is 24.7 Å². The van der Waals surface area contributed by atoms with E-state index in [1.807, 2.05) is 36.0 Å².